The van der Waals surface area contributed by atoms with Gasteiger partial charge in [0, 0.05) is 23.9 Å². The first-order valence-electron chi connectivity index (χ1n) is 4.88. The van der Waals surface area contributed by atoms with E-state index in [1.54, 1.807) is 18.3 Å². The van der Waals surface area contributed by atoms with Gasteiger partial charge in [-0.3, -0.25) is 10.1 Å². The number of nitro groups is 1. The molecular formula is C11H9N3O2S. The molecule has 0 aliphatic heterocycles. The largest absolute Gasteiger partial charge is 0.330 e. The first-order chi connectivity index (χ1) is 8.08. The minimum absolute atomic E-state index is 0.0537. The van der Waals surface area contributed by atoms with Gasteiger partial charge < -0.3 is 4.98 Å². The molecule has 0 saturated carbocycles. The molecule has 17 heavy (non-hydrogen) atoms. The Morgan fingerprint density at radius 2 is 2.24 bits per heavy atom. The van der Waals surface area contributed by atoms with Gasteiger partial charge in [-0.05, 0) is 24.7 Å². The minimum atomic E-state index is -0.422. The Balaban J connectivity index is 2.60. The number of non-ortho nitro benzene ring substituents is 1. The lowest BCUT2D eigenvalue weighted by atomic mass is 10.1. The molecule has 5 nitrogen and oxygen atoms in total. The molecular weight excluding hydrogens is 238 g/mol. The molecule has 1 heterocycles. The smallest absolute Gasteiger partial charge is 0.270 e. The first kappa shape index (κ1) is 11.4. The molecule has 0 amide bonds. The van der Waals surface area contributed by atoms with Crippen LogP contribution in [0.5, 0.6) is 0 Å². The van der Waals surface area contributed by atoms with Crippen LogP contribution in [0.4, 0.5) is 5.69 Å². The van der Waals surface area contributed by atoms with Crippen molar-refractivity contribution in [2.24, 2.45) is 0 Å². The van der Waals surface area contributed by atoms with Crippen molar-refractivity contribution in [3.8, 4) is 11.3 Å². The number of rotatable bonds is 2. The summed E-state index contributed by atoms with van der Waals surface area (Å²) in [5.74, 6) is 0. The minimum Gasteiger partial charge on any atom is -0.330 e. The van der Waals surface area contributed by atoms with Crippen molar-refractivity contribution in [3.63, 3.8) is 0 Å². The van der Waals surface area contributed by atoms with E-state index in [2.05, 4.69) is 9.97 Å². The lowest BCUT2D eigenvalue weighted by Crippen LogP contribution is -1.93. The van der Waals surface area contributed by atoms with E-state index in [1.165, 1.54) is 12.1 Å². The summed E-state index contributed by atoms with van der Waals surface area (Å²) in [4.78, 5) is 17.2. The van der Waals surface area contributed by atoms with Gasteiger partial charge in [-0.2, -0.15) is 0 Å². The van der Waals surface area contributed by atoms with Crippen LogP contribution in [0.2, 0.25) is 0 Å². The summed E-state index contributed by atoms with van der Waals surface area (Å²) < 4.78 is 0.358. The Labute approximate surface area is 102 Å². The van der Waals surface area contributed by atoms with Gasteiger partial charge in [0.2, 0.25) is 0 Å². The van der Waals surface area contributed by atoms with Gasteiger partial charge in [0.1, 0.15) is 0 Å². The number of hydrogen-bond acceptors (Lipinski definition) is 4. The van der Waals surface area contributed by atoms with E-state index in [9.17, 15) is 10.1 Å². The molecule has 0 aliphatic rings. The summed E-state index contributed by atoms with van der Waals surface area (Å²) >= 11 is 4.94. The van der Waals surface area contributed by atoms with Crippen molar-refractivity contribution >= 4 is 17.9 Å². The second-order valence-electron chi connectivity index (χ2n) is 3.55. The molecule has 0 bridgehead atoms. The zero-order chi connectivity index (χ0) is 12.4. The lowest BCUT2D eigenvalue weighted by Gasteiger charge is -2.05. The highest BCUT2D eigenvalue weighted by molar-refractivity contribution is 7.71. The van der Waals surface area contributed by atoms with Crippen LogP contribution in [-0.4, -0.2) is 14.9 Å². The Morgan fingerprint density at radius 3 is 2.94 bits per heavy atom. The second kappa shape index (κ2) is 4.42. The predicted molar refractivity (Wildman–Crippen MR) is 66.2 cm³/mol. The van der Waals surface area contributed by atoms with E-state index in [4.69, 9.17) is 12.2 Å². The summed E-state index contributed by atoms with van der Waals surface area (Å²) in [7, 11) is 0. The van der Waals surface area contributed by atoms with Crippen molar-refractivity contribution in [2.45, 2.75) is 6.92 Å². The normalized spacial score (nSPS) is 10.2. The predicted octanol–water partition coefficient (Wildman–Crippen LogP) is 3.02. The number of nitrogens with zero attached hydrogens (tertiary/aromatic N) is 2. The number of aromatic nitrogens is 2. The van der Waals surface area contributed by atoms with Gasteiger partial charge in [0.05, 0.1) is 10.6 Å². The zero-order valence-corrected chi connectivity index (χ0v) is 9.82. The SMILES string of the molecule is Cc1cnc(=S)[nH]c1-c1cccc([N+](=O)[O-])c1. The second-order valence-corrected chi connectivity index (χ2v) is 3.94. The number of benzene rings is 1. The third-order valence-corrected chi connectivity index (χ3v) is 2.55. The molecule has 0 radical (unpaired) electrons. The van der Waals surface area contributed by atoms with Crippen LogP contribution in [0.15, 0.2) is 30.5 Å². The molecule has 86 valence electrons. The molecule has 0 saturated heterocycles. The summed E-state index contributed by atoms with van der Waals surface area (Å²) in [5.41, 5.74) is 2.43. The van der Waals surface area contributed by atoms with E-state index >= 15 is 0 Å². The Morgan fingerprint density at radius 1 is 1.47 bits per heavy atom. The molecule has 0 aliphatic carbocycles. The number of nitrogens with one attached hydrogen (secondary N) is 1. The highest BCUT2D eigenvalue weighted by Crippen LogP contribution is 2.24. The summed E-state index contributed by atoms with van der Waals surface area (Å²) in [6.45, 7) is 1.87. The summed E-state index contributed by atoms with van der Waals surface area (Å²) in [6, 6.07) is 6.40. The zero-order valence-electron chi connectivity index (χ0n) is 9.01. The van der Waals surface area contributed by atoms with Crippen LogP contribution in [0.3, 0.4) is 0 Å². The maximum atomic E-state index is 10.7. The van der Waals surface area contributed by atoms with Crippen LogP contribution >= 0.6 is 12.2 Å². The van der Waals surface area contributed by atoms with Crippen molar-refractivity contribution < 1.29 is 4.92 Å². The highest BCUT2D eigenvalue weighted by Gasteiger charge is 2.09. The van der Waals surface area contributed by atoms with Crippen molar-refractivity contribution in [3.05, 3.63) is 50.9 Å². The molecule has 1 aromatic heterocycles. The average molecular weight is 247 g/mol. The monoisotopic (exact) mass is 247 g/mol. The first-order valence-corrected chi connectivity index (χ1v) is 5.29. The summed E-state index contributed by atoms with van der Waals surface area (Å²) in [6.07, 6.45) is 1.65. The van der Waals surface area contributed by atoms with Gasteiger partial charge in [0.25, 0.3) is 5.69 Å². The van der Waals surface area contributed by atoms with Crippen molar-refractivity contribution in [1.82, 2.24) is 9.97 Å². The molecule has 6 heteroatoms. The van der Waals surface area contributed by atoms with Crippen LogP contribution in [0.25, 0.3) is 11.3 Å². The maximum Gasteiger partial charge on any atom is 0.270 e. The van der Waals surface area contributed by atoms with Gasteiger partial charge >= 0.3 is 0 Å². The summed E-state index contributed by atoms with van der Waals surface area (Å²) in [5, 5.41) is 10.7. The van der Waals surface area contributed by atoms with Crippen LogP contribution in [0, 0.1) is 21.8 Å². The number of nitro benzene ring substituents is 1. The number of aromatic amines is 1. The third kappa shape index (κ3) is 2.36. The number of H-pyrrole nitrogens is 1. The van der Waals surface area contributed by atoms with E-state index in [-0.39, 0.29) is 5.69 Å². The van der Waals surface area contributed by atoms with E-state index < -0.39 is 4.92 Å². The van der Waals surface area contributed by atoms with Crippen molar-refractivity contribution in [2.75, 3.05) is 0 Å². The van der Waals surface area contributed by atoms with Gasteiger partial charge in [0.15, 0.2) is 4.77 Å². The molecule has 2 aromatic rings. The van der Waals surface area contributed by atoms with Gasteiger partial charge in [-0.1, -0.05) is 12.1 Å². The maximum absolute atomic E-state index is 10.7. The number of hydrogen-bond donors (Lipinski definition) is 1. The molecule has 0 unspecified atom stereocenters. The quantitative estimate of drug-likeness (QED) is 0.503. The van der Waals surface area contributed by atoms with E-state index in [0.29, 0.717) is 4.77 Å². The van der Waals surface area contributed by atoms with Crippen LogP contribution in [-0.2, 0) is 0 Å². The Kier molecular flexibility index (Phi) is 2.97. The van der Waals surface area contributed by atoms with Gasteiger partial charge in [-0.15, -0.1) is 0 Å². The standard InChI is InChI=1S/C11H9N3O2S/c1-7-6-12-11(17)13-10(7)8-3-2-4-9(5-8)14(15)16/h2-6H,1H3,(H,12,13,17). The van der Waals surface area contributed by atoms with Gasteiger partial charge in [-0.25, -0.2) is 4.98 Å². The fourth-order valence-electron chi connectivity index (χ4n) is 1.53. The fraction of sp³-hybridized carbons (Fsp3) is 0.0909. The topological polar surface area (TPSA) is 71.8 Å². The molecule has 0 fully saturated rings. The molecule has 0 atom stereocenters. The lowest BCUT2D eigenvalue weighted by molar-refractivity contribution is -0.384. The average Bonchev–Trinajstić information content (AvgIpc) is 2.32. The van der Waals surface area contributed by atoms with E-state index in [1.807, 2.05) is 6.92 Å². The van der Waals surface area contributed by atoms with Crippen LogP contribution in [0.1, 0.15) is 5.56 Å². The Bertz CT molecular complexity index is 637. The third-order valence-electron chi connectivity index (χ3n) is 2.35. The molecule has 2 rings (SSSR count). The Hall–Kier alpha value is -2.08. The number of aryl methyl sites for hydroxylation is 1. The highest BCUT2D eigenvalue weighted by atomic mass is 32.1. The van der Waals surface area contributed by atoms with Crippen molar-refractivity contribution in [1.29, 1.82) is 0 Å². The molecule has 1 aromatic carbocycles. The fourth-order valence-corrected chi connectivity index (χ4v) is 1.69. The van der Waals surface area contributed by atoms with Crippen LogP contribution < -0.4 is 0 Å². The molecule has 0 spiro atoms. The van der Waals surface area contributed by atoms with E-state index in [0.717, 1.165) is 16.8 Å². The molecule has 1 N–H and O–H groups in total.